The van der Waals surface area contributed by atoms with Crippen molar-refractivity contribution in [2.45, 2.75) is 31.1 Å². The third-order valence-corrected chi connectivity index (χ3v) is 9.93. The molecule has 0 radical (unpaired) electrons. The van der Waals surface area contributed by atoms with E-state index < -0.39 is 0 Å². The van der Waals surface area contributed by atoms with Gasteiger partial charge in [-0.15, -0.1) is 0 Å². The number of unbranched alkanes of at least 4 members (excludes halogenated alkanes) is 1. The summed E-state index contributed by atoms with van der Waals surface area (Å²) in [7, 11) is 1.34. The summed E-state index contributed by atoms with van der Waals surface area (Å²) in [6.07, 6.45) is 4.75. The molecule has 3 aromatic carbocycles. The molecule has 0 saturated carbocycles. The summed E-state index contributed by atoms with van der Waals surface area (Å²) in [6.45, 7) is 7.40. The summed E-state index contributed by atoms with van der Waals surface area (Å²) in [5, 5.41) is 15.9. The first-order chi connectivity index (χ1) is 20.5. The Morgan fingerprint density at radius 1 is 1.02 bits per heavy atom. The predicted molar refractivity (Wildman–Crippen MR) is 174 cm³/mol. The van der Waals surface area contributed by atoms with E-state index >= 15 is 0 Å². The third kappa shape index (κ3) is 6.61. The van der Waals surface area contributed by atoms with Gasteiger partial charge in [0.25, 0.3) is 5.91 Å². The number of hydrogen-bond acceptors (Lipinski definition) is 6. The number of amides is 1. The van der Waals surface area contributed by atoms with Gasteiger partial charge in [0.1, 0.15) is 17.1 Å². The van der Waals surface area contributed by atoms with Crippen LogP contribution >= 0.6 is 22.3 Å². The molecule has 222 valence electrons. The number of aryl methyl sites for hydroxylation is 1. The summed E-state index contributed by atoms with van der Waals surface area (Å²) < 4.78 is 7.91. The highest BCUT2D eigenvalue weighted by Crippen LogP contribution is 2.42. The third-order valence-electron chi connectivity index (χ3n) is 7.70. The Bertz CT molecular complexity index is 1440. The first-order valence-corrected chi connectivity index (χ1v) is 16.2. The minimum absolute atomic E-state index is 0.107. The number of anilines is 1. The Morgan fingerprint density at radius 3 is 2.38 bits per heavy atom. The smallest absolute Gasteiger partial charge is 0.258 e. The molecule has 1 atom stereocenters. The van der Waals surface area contributed by atoms with E-state index in [9.17, 15) is 9.90 Å². The lowest BCUT2D eigenvalue weighted by atomic mass is 10.0. The van der Waals surface area contributed by atoms with Crippen LogP contribution in [0.4, 0.5) is 5.69 Å². The highest BCUT2D eigenvalue weighted by Gasteiger charge is 2.28. The molecular formula is C33H39ClN4O3S. The number of carbonyl (C=O) groups excluding carboxylic acids is 1. The number of phenolic OH excluding ortho intramolecular Hbond substituents is 1. The predicted octanol–water partition coefficient (Wildman–Crippen LogP) is 6.15. The zero-order chi connectivity index (χ0) is 29.5. The lowest BCUT2D eigenvalue weighted by Crippen LogP contribution is -2.48. The van der Waals surface area contributed by atoms with E-state index in [0.717, 1.165) is 51.1 Å². The second kappa shape index (κ2) is 14.1. The number of carbonyl (C=O) groups is 1. The van der Waals surface area contributed by atoms with Crippen molar-refractivity contribution in [3.05, 3.63) is 94.8 Å². The van der Waals surface area contributed by atoms with Crippen LogP contribution in [0.1, 0.15) is 35.7 Å². The van der Waals surface area contributed by atoms with Gasteiger partial charge in [0.15, 0.2) is 5.75 Å². The average Bonchev–Trinajstić information content (AvgIpc) is 3.48. The van der Waals surface area contributed by atoms with Crippen LogP contribution < -0.4 is 14.4 Å². The lowest BCUT2D eigenvalue weighted by molar-refractivity contribution is 0.0946. The Labute approximate surface area is 256 Å². The molecule has 0 spiro atoms. The van der Waals surface area contributed by atoms with E-state index in [-0.39, 0.29) is 32.9 Å². The number of phenols is 1. The Hall–Kier alpha value is -3.46. The number of allylic oxidation sites excluding steroid dienone is 1. The van der Waals surface area contributed by atoms with Crippen LogP contribution in [0.15, 0.2) is 83.5 Å². The van der Waals surface area contributed by atoms with Gasteiger partial charge < -0.3 is 20.1 Å². The molecule has 0 aromatic heterocycles. The van der Waals surface area contributed by atoms with Crippen molar-refractivity contribution in [1.29, 1.82) is 0 Å². The molecule has 42 heavy (non-hydrogen) atoms. The zero-order valence-corrected chi connectivity index (χ0v) is 25.8. The van der Waals surface area contributed by atoms with E-state index in [1.807, 2.05) is 6.92 Å². The van der Waals surface area contributed by atoms with Gasteiger partial charge in [-0.05, 0) is 73.1 Å². The minimum Gasteiger partial charge on any atom is -0.505 e. The molecule has 5 rings (SSSR count). The van der Waals surface area contributed by atoms with Gasteiger partial charge in [-0.2, -0.15) is 0 Å². The zero-order valence-electron chi connectivity index (χ0n) is 24.3. The van der Waals surface area contributed by atoms with Gasteiger partial charge in [-0.25, -0.2) is 0 Å². The van der Waals surface area contributed by atoms with Crippen molar-refractivity contribution in [2.75, 3.05) is 50.7 Å². The van der Waals surface area contributed by atoms with Crippen molar-refractivity contribution >= 4 is 39.2 Å². The van der Waals surface area contributed by atoms with Crippen LogP contribution in [0.3, 0.4) is 0 Å². The van der Waals surface area contributed by atoms with E-state index in [4.69, 9.17) is 16.3 Å². The maximum Gasteiger partial charge on any atom is 0.258 e. The first kappa shape index (κ1) is 30.0. The van der Waals surface area contributed by atoms with Crippen molar-refractivity contribution in [2.24, 2.45) is 0 Å². The van der Waals surface area contributed by atoms with E-state index in [2.05, 4.69) is 91.5 Å². The van der Waals surface area contributed by atoms with Gasteiger partial charge in [-0.3, -0.25) is 14.0 Å². The molecule has 2 aliphatic rings. The first-order valence-electron chi connectivity index (χ1n) is 14.5. The molecule has 2 N–H and O–H groups in total. The number of para-hydroxylation sites is 1. The van der Waals surface area contributed by atoms with Gasteiger partial charge >= 0.3 is 0 Å². The fourth-order valence-corrected chi connectivity index (χ4v) is 7.60. The van der Waals surface area contributed by atoms with Crippen LogP contribution in [0.25, 0.3) is 0 Å². The number of benzene rings is 3. The largest absolute Gasteiger partial charge is 0.505 e. The monoisotopic (exact) mass is 606 g/mol. The molecule has 1 fully saturated rings. The number of hydrogen-bond donors (Lipinski definition) is 2. The Balaban J connectivity index is 1.11. The Kier molecular flexibility index (Phi) is 10.1. The topological polar surface area (TPSA) is 68.3 Å². The highest BCUT2D eigenvalue weighted by atomic mass is 35.5. The van der Waals surface area contributed by atoms with Crippen LogP contribution in [0.5, 0.6) is 11.5 Å². The molecule has 1 amide bonds. The minimum atomic E-state index is -0.366. The molecule has 1 saturated heterocycles. The Morgan fingerprint density at radius 2 is 1.71 bits per heavy atom. The van der Waals surface area contributed by atoms with Crippen LogP contribution in [-0.4, -0.2) is 72.6 Å². The SMILES string of the molecule is CCc1cc(Cl)c(O)c(C(=O)NCCCCN2CCN(C3=CC=S(c4ccccc4)N3c3ccccc3)CC2)c1OC. The molecule has 0 aliphatic carbocycles. The lowest BCUT2D eigenvalue weighted by Gasteiger charge is -2.40. The number of rotatable bonds is 11. The maximum atomic E-state index is 12.9. The summed E-state index contributed by atoms with van der Waals surface area (Å²) in [6, 6.07) is 23.0. The molecule has 2 heterocycles. The molecule has 1 unspecified atom stereocenters. The molecule has 0 bridgehead atoms. The normalized spacial score (nSPS) is 17.1. The molecule has 3 aromatic rings. The van der Waals surface area contributed by atoms with Crippen molar-refractivity contribution in [3.63, 3.8) is 0 Å². The summed E-state index contributed by atoms with van der Waals surface area (Å²) in [4.78, 5) is 19.2. The summed E-state index contributed by atoms with van der Waals surface area (Å²) in [5.41, 5.74) is 2.11. The van der Waals surface area contributed by atoms with Crippen molar-refractivity contribution in [1.82, 2.24) is 15.1 Å². The van der Waals surface area contributed by atoms with Crippen LogP contribution in [0.2, 0.25) is 5.02 Å². The number of nitrogens with zero attached hydrogens (tertiary/aromatic N) is 3. The highest BCUT2D eigenvalue weighted by molar-refractivity contribution is 8.16. The molecule has 7 nitrogen and oxygen atoms in total. The number of piperazine rings is 1. The molecular weight excluding hydrogens is 568 g/mol. The van der Waals surface area contributed by atoms with Crippen molar-refractivity contribution in [3.8, 4) is 11.5 Å². The van der Waals surface area contributed by atoms with E-state index in [0.29, 0.717) is 18.7 Å². The van der Waals surface area contributed by atoms with Gasteiger partial charge in [0, 0.05) is 37.6 Å². The van der Waals surface area contributed by atoms with E-state index in [1.165, 1.54) is 23.5 Å². The summed E-state index contributed by atoms with van der Waals surface area (Å²) >= 11 is 6.16. The summed E-state index contributed by atoms with van der Waals surface area (Å²) in [5.74, 6) is 1.04. The van der Waals surface area contributed by atoms with Gasteiger partial charge in [-0.1, -0.05) is 65.6 Å². The maximum absolute atomic E-state index is 12.9. The average molecular weight is 607 g/mol. The van der Waals surface area contributed by atoms with E-state index in [1.54, 1.807) is 6.07 Å². The van der Waals surface area contributed by atoms with Gasteiger partial charge in [0.2, 0.25) is 0 Å². The van der Waals surface area contributed by atoms with Crippen molar-refractivity contribution < 1.29 is 14.6 Å². The second-order valence-electron chi connectivity index (χ2n) is 10.3. The standard InChI is InChI=1S/C33H39ClN4O3S/c1-3-25-24-28(34)31(39)30(32(25)41-2)33(40)35-17-10-11-18-36-19-21-37(22-20-36)29-16-23-42(27-14-8-5-9-15-27)38(29)26-12-6-4-7-13-26/h4-9,12-16,23-24,39H,3,10-11,17-22H2,1-2H3,(H,35,40). The van der Waals surface area contributed by atoms with Crippen LogP contribution in [0, 0.1) is 0 Å². The molecule has 9 heteroatoms. The number of halogens is 1. The number of methoxy groups -OCH3 is 1. The number of ether oxygens (including phenoxy) is 1. The number of nitrogens with one attached hydrogen (secondary N) is 1. The fraction of sp³-hybridized carbons (Fsp3) is 0.333. The second-order valence-corrected chi connectivity index (χ2v) is 12.5. The van der Waals surface area contributed by atoms with Crippen LogP contribution in [-0.2, 0) is 6.42 Å². The quantitative estimate of drug-likeness (QED) is 0.202. The van der Waals surface area contributed by atoms with Gasteiger partial charge in [0.05, 0.1) is 17.8 Å². The molecule has 2 aliphatic heterocycles. The number of aromatic hydroxyl groups is 1. The fourth-order valence-electron chi connectivity index (χ4n) is 5.47.